The Morgan fingerprint density at radius 1 is 1.18 bits per heavy atom. The minimum atomic E-state index is -0.0944. The monoisotopic (exact) mass is 390 g/mol. The molecule has 1 amide bonds. The van der Waals surface area contributed by atoms with E-state index in [-0.39, 0.29) is 12.3 Å². The second-order valence-electron chi connectivity index (χ2n) is 6.72. The normalized spacial score (nSPS) is 12.9. The lowest BCUT2D eigenvalue weighted by Gasteiger charge is -2.10. The van der Waals surface area contributed by atoms with Crippen molar-refractivity contribution in [2.45, 2.75) is 25.7 Å². The Bertz CT molecular complexity index is 1110. The number of carbonyl (C=O) groups excluding carboxylic acids is 1. The van der Waals surface area contributed by atoms with Crippen LogP contribution in [0.3, 0.4) is 0 Å². The lowest BCUT2D eigenvalue weighted by atomic mass is 10.2. The molecule has 0 fully saturated rings. The summed E-state index contributed by atoms with van der Waals surface area (Å²) in [5.41, 5.74) is 3.90. The summed E-state index contributed by atoms with van der Waals surface area (Å²) in [4.78, 5) is 17.3. The van der Waals surface area contributed by atoms with Crippen LogP contribution in [0.25, 0.3) is 16.5 Å². The van der Waals surface area contributed by atoms with Crippen LogP contribution in [0.4, 0.5) is 5.82 Å². The van der Waals surface area contributed by atoms with Gasteiger partial charge in [0.25, 0.3) is 0 Å². The van der Waals surface area contributed by atoms with Crippen molar-refractivity contribution in [1.29, 1.82) is 0 Å². The Hall–Kier alpha value is -3.19. The van der Waals surface area contributed by atoms with Crippen molar-refractivity contribution < 1.29 is 9.21 Å². The largest absolute Gasteiger partial charge is 0.462 e. The van der Waals surface area contributed by atoms with Gasteiger partial charge >= 0.3 is 0 Å². The molecule has 1 aliphatic carbocycles. The number of amides is 1. The van der Waals surface area contributed by atoms with Gasteiger partial charge in [-0.15, -0.1) is 11.3 Å². The molecule has 0 atom stereocenters. The first-order valence-electron chi connectivity index (χ1n) is 9.22. The van der Waals surface area contributed by atoms with E-state index in [0.717, 1.165) is 58.5 Å². The summed E-state index contributed by atoms with van der Waals surface area (Å²) in [5.74, 6) is 1.41. The summed E-state index contributed by atoms with van der Waals surface area (Å²) in [7, 11) is 0. The topological polar surface area (TPSA) is 73.0 Å². The van der Waals surface area contributed by atoms with Crippen LogP contribution < -0.4 is 5.32 Å². The number of rotatable bonds is 5. The number of thiazole rings is 1. The maximum absolute atomic E-state index is 12.7. The van der Waals surface area contributed by atoms with Crippen LogP contribution in [-0.2, 0) is 24.1 Å². The van der Waals surface area contributed by atoms with Gasteiger partial charge in [-0.1, -0.05) is 18.2 Å². The molecule has 1 aromatic carbocycles. The lowest BCUT2D eigenvalue weighted by Crippen LogP contribution is -2.18. The highest BCUT2D eigenvalue weighted by atomic mass is 32.1. The maximum Gasteiger partial charge on any atom is 0.231 e. The number of nitrogens with one attached hydrogen (secondary N) is 1. The highest BCUT2D eigenvalue weighted by molar-refractivity contribution is 7.13. The first kappa shape index (κ1) is 16.9. The second kappa shape index (κ2) is 7.09. The Labute approximate surface area is 165 Å². The van der Waals surface area contributed by atoms with Crippen LogP contribution in [0.2, 0.25) is 0 Å². The van der Waals surface area contributed by atoms with E-state index >= 15 is 0 Å². The minimum absolute atomic E-state index is 0.0944. The molecule has 0 spiro atoms. The van der Waals surface area contributed by atoms with Crippen LogP contribution in [0.1, 0.15) is 23.4 Å². The molecule has 0 unspecified atom stereocenters. The van der Waals surface area contributed by atoms with Crippen LogP contribution in [0.5, 0.6) is 0 Å². The fourth-order valence-electron chi connectivity index (χ4n) is 3.52. The Morgan fingerprint density at radius 3 is 2.89 bits per heavy atom. The number of nitrogens with zero attached hydrogens (tertiary/aromatic N) is 3. The van der Waals surface area contributed by atoms with E-state index in [1.54, 1.807) is 6.26 Å². The number of fused-ring (bicyclic) bond motifs is 1. The highest BCUT2D eigenvalue weighted by Gasteiger charge is 2.24. The molecule has 28 heavy (non-hydrogen) atoms. The molecule has 1 aliphatic rings. The van der Waals surface area contributed by atoms with Gasteiger partial charge in [0.15, 0.2) is 10.8 Å². The number of hydrogen-bond donors (Lipinski definition) is 1. The first-order chi connectivity index (χ1) is 13.8. The van der Waals surface area contributed by atoms with Crippen LogP contribution in [0, 0.1) is 0 Å². The third-order valence-electron chi connectivity index (χ3n) is 4.79. The number of aryl methyl sites for hydroxylation is 1. The number of anilines is 1. The molecular formula is C21H18N4O2S. The van der Waals surface area contributed by atoms with Gasteiger partial charge < -0.3 is 9.73 Å². The zero-order valence-corrected chi connectivity index (χ0v) is 15.9. The predicted molar refractivity (Wildman–Crippen MR) is 108 cm³/mol. The number of hydrogen-bond acceptors (Lipinski definition) is 5. The lowest BCUT2D eigenvalue weighted by molar-refractivity contribution is -0.115. The molecule has 1 N–H and O–H groups in total. The number of aromatic nitrogens is 3. The van der Waals surface area contributed by atoms with E-state index in [0.29, 0.717) is 0 Å². The molecule has 5 rings (SSSR count). The van der Waals surface area contributed by atoms with Gasteiger partial charge in [0.05, 0.1) is 29.8 Å². The van der Waals surface area contributed by atoms with Crippen molar-refractivity contribution >= 4 is 23.1 Å². The van der Waals surface area contributed by atoms with Crippen molar-refractivity contribution in [3.63, 3.8) is 0 Å². The average molecular weight is 390 g/mol. The third kappa shape index (κ3) is 3.14. The molecule has 140 valence electrons. The van der Waals surface area contributed by atoms with Crippen molar-refractivity contribution in [1.82, 2.24) is 14.8 Å². The van der Waals surface area contributed by atoms with Crippen molar-refractivity contribution in [3.05, 3.63) is 71.1 Å². The molecule has 0 saturated carbocycles. The summed E-state index contributed by atoms with van der Waals surface area (Å²) >= 11 is 1.47. The Balaban J connectivity index is 1.38. The van der Waals surface area contributed by atoms with Gasteiger partial charge in [-0.2, -0.15) is 5.10 Å². The summed E-state index contributed by atoms with van der Waals surface area (Å²) in [6.07, 6.45) is 4.81. The fraction of sp³-hybridized carbons (Fsp3) is 0.190. The van der Waals surface area contributed by atoms with Crippen LogP contribution in [0.15, 0.2) is 58.5 Å². The van der Waals surface area contributed by atoms with Gasteiger partial charge in [0.2, 0.25) is 5.91 Å². The van der Waals surface area contributed by atoms with Crippen LogP contribution in [-0.4, -0.2) is 20.7 Å². The van der Waals surface area contributed by atoms with E-state index in [9.17, 15) is 4.79 Å². The number of furan rings is 1. The second-order valence-corrected chi connectivity index (χ2v) is 7.58. The van der Waals surface area contributed by atoms with Crippen molar-refractivity contribution in [3.8, 4) is 16.5 Å². The van der Waals surface area contributed by atoms with E-state index < -0.39 is 0 Å². The molecule has 0 saturated heterocycles. The van der Waals surface area contributed by atoms with Gasteiger partial charge in [-0.3, -0.25) is 4.79 Å². The van der Waals surface area contributed by atoms with E-state index in [1.807, 2.05) is 52.5 Å². The first-order valence-corrected chi connectivity index (χ1v) is 10.1. The Morgan fingerprint density at radius 2 is 2.07 bits per heavy atom. The third-order valence-corrected chi connectivity index (χ3v) is 5.70. The summed E-state index contributed by atoms with van der Waals surface area (Å²) in [6.45, 7) is 0. The van der Waals surface area contributed by atoms with E-state index in [1.165, 1.54) is 11.3 Å². The number of carbonyl (C=O) groups is 1. The van der Waals surface area contributed by atoms with Gasteiger partial charge in [0.1, 0.15) is 5.82 Å². The quantitative estimate of drug-likeness (QED) is 0.553. The average Bonchev–Trinajstić information content (AvgIpc) is 3.48. The SMILES string of the molecule is O=C(Cc1csc(-c2ccco2)n1)Nc1c2c(nn1-c1ccccc1)CCC2. The van der Waals surface area contributed by atoms with Gasteiger partial charge in [0, 0.05) is 10.9 Å². The van der Waals surface area contributed by atoms with Crippen LogP contribution >= 0.6 is 11.3 Å². The highest BCUT2D eigenvalue weighted by Crippen LogP contribution is 2.31. The van der Waals surface area contributed by atoms with Gasteiger partial charge in [-0.25, -0.2) is 9.67 Å². The maximum atomic E-state index is 12.7. The molecule has 0 bridgehead atoms. The summed E-state index contributed by atoms with van der Waals surface area (Å²) in [6, 6.07) is 13.6. The van der Waals surface area contributed by atoms with Crippen molar-refractivity contribution in [2.75, 3.05) is 5.32 Å². The number of para-hydroxylation sites is 1. The molecule has 3 aromatic heterocycles. The summed E-state index contributed by atoms with van der Waals surface area (Å²) < 4.78 is 7.22. The Kier molecular flexibility index (Phi) is 4.29. The molecule has 7 heteroatoms. The standard InChI is InChI=1S/C21H18N4O2S/c26-19(12-14-13-28-21(22-14)18-10-5-11-27-18)23-20-16-8-4-9-17(16)24-25(20)15-6-2-1-3-7-15/h1-3,5-7,10-11,13H,4,8-9,12H2,(H,23,26). The molecule has 0 aliphatic heterocycles. The molecule has 3 heterocycles. The molecule has 0 radical (unpaired) electrons. The number of benzene rings is 1. The zero-order chi connectivity index (χ0) is 18.9. The minimum Gasteiger partial charge on any atom is -0.462 e. The van der Waals surface area contributed by atoms with E-state index in [4.69, 9.17) is 9.52 Å². The van der Waals surface area contributed by atoms with Crippen molar-refractivity contribution in [2.24, 2.45) is 0 Å². The molecule has 6 nitrogen and oxygen atoms in total. The van der Waals surface area contributed by atoms with E-state index in [2.05, 4.69) is 10.3 Å². The summed E-state index contributed by atoms with van der Waals surface area (Å²) in [5, 5.41) is 10.5. The smallest absolute Gasteiger partial charge is 0.231 e. The molecular weight excluding hydrogens is 372 g/mol. The predicted octanol–water partition coefficient (Wildman–Crippen LogP) is 4.26. The zero-order valence-electron chi connectivity index (χ0n) is 15.1. The fourth-order valence-corrected chi connectivity index (χ4v) is 4.30. The van der Waals surface area contributed by atoms with Gasteiger partial charge in [-0.05, 0) is 43.5 Å². The molecule has 4 aromatic rings.